The molecule has 0 saturated heterocycles. The van der Waals surface area contributed by atoms with Crippen molar-refractivity contribution in [3.05, 3.63) is 184 Å². The van der Waals surface area contributed by atoms with E-state index in [1.54, 1.807) is 36.7 Å². The van der Waals surface area contributed by atoms with E-state index in [4.69, 9.17) is 4.42 Å². The van der Waals surface area contributed by atoms with Crippen molar-refractivity contribution >= 4 is 33.4 Å². The Hall–Kier alpha value is -6.64. The van der Waals surface area contributed by atoms with Crippen molar-refractivity contribution in [1.29, 1.82) is 0 Å². The summed E-state index contributed by atoms with van der Waals surface area (Å²) in [7, 11) is 0. The topological polar surface area (TPSA) is 109 Å². The molecule has 8 rings (SSSR count). The molecule has 53 heavy (non-hydrogen) atoms. The zero-order valence-electron chi connectivity index (χ0n) is 29.1. The number of aromatic nitrogens is 2. The molecule has 1 aliphatic heterocycles. The van der Waals surface area contributed by atoms with Crippen molar-refractivity contribution in [2.75, 3.05) is 5.32 Å². The van der Waals surface area contributed by atoms with Crippen LogP contribution in [0.3, 0.4) is 0 Å². The molecule has 0 atom stereocenters. The number of pyridine rings is 2. The highest BCUT2D eigenvalue weighted by Crippen LogP contribution is 2.44. The van der Waals surface area contributed by atoms with Gasteiger partial charge in [0.15, 0.2) is 5.43 Å². The van der Waals surface area contributed by atoms with E-state index in [0.717, 1.165) is 44.4 Å². The van der Waals surface area contributed by atoms with E-state index in [-0.39, 0.29) is 17.5 Å². The summed E-state index contributed by atoms with van der Waals surface area (Å²) in [6.07, 6.45) is 3.61. The summed E-state index contributed by atoms with van der Waals surface area (Å²) < 4.78 is 6.78. The minimum Gasteiger partial charge on any atom is -0.478 e. The van der Waals surface area contributed by atoms with Crippen molar-refractivity contribution in [3.63, 3.8) is 0 Å². The number of anilines is 1. The third-order valence-electron chi connectivity index (χ3n) is 9.60. The lowest BCUT2D eigenvalue weighted by molar-refractivity contribution is 0.0697. The van der Waals surface area contributed by atoms with Crippen molar-refractivity contribution in [1.82, 2.24) is 14.9 Å². The highest BCUT2D eigenvalue weighted by atomic mass is 16.4. The molecular formula is C45H36N4O4. The minimum absolute atomic E-state index is 0.172. The van der Waals surface area contributed by atoms with Crippen molar-refractivity contribution in [2.24, 2.45) is 0 Å². The monoisotopic (exact) mass is 696 g/mol. The number of rotatable bonds is 11. The lowest BCUT2D eigenvalue weighted by atomic mass is 9.88. The predicted octanol–water partition coefficient (Wildman–Crippen LogP) is 9.33. The number of hydrogen-bond acceptors (Lipinski definition) is 7. The van der Waals surface area contributed by atoms with Gasteiger partial charge in [-0.25, -0.2) is 4.79 Å². The van der Waals surface area contributed by atoms with Gasteiger partial charge in [-0.1, -0.05) is 78.4 Å². The van der Waals surface area contributed by atoms with Crippen LogP contribution in [-0.2, 0) is 26.2 Å². The summed E-state index contributed by atoms with van der Waals surface area (Å²) in [6, 6.07) is 40.4. The van der Waals surface area contributed by atoms with Crippen molar-refractivity contribution in [3.8, 4) is 22.5 Å². The van der Waals surface area contributed by atoms with Crippen LogP contribution in [0.15, 0.2) is 149 Å². The summed E-state index contributed by atoms with van der Waals surface area (Å²) in [5, 5.41) is 16.4. The average Bonchev–Trinajstić information content (AvgIpc) is 3.18. The molecule has 8 nitrogen and oxygen atoms in total. The largest absolute Gasteiger partial charge is 0.478 e. The number of para-hydroxylation sites is 1. The average molecular weight is 697 g/mol. The van der Waals surface area contributed by atoms with Gasteiger partial charge >= 0.3 is 5.97 Å². The van der Waals surface area contributed by atoms with Crippen LogP contribution in [0, 0.1) is 6.92 Å². The van der Waals surface area contributed by atoms with Crippen LogP contribution in [-0.4, -0.2) is 25.9 Å². The maximum atomic E-state index is 13.8. The standard InChI is InChI=1S/C45H36N4O4/c1-29-16-18-34-30(24-29)17-19-37-42(35-13-3-4-14-36(35)45(51)52)38-20-21-41(50)39(44(38)53-43(34)37)25-48-40-15-5-2-10-31(40)26-49(27-32-11-6-8-22-46-32)28-33-12-7-9-23-47-33/h2-24,48H,25-28H2,1H3,(H,51,52). The minimum atomic E-state index is -1.03. The second kappa shape index (κ2) is 14.5. The molecule has 6 aromatic rings. The van der Waals surface area contributed by atoms with Gasteiger partial charge in [-0.2, -0.15) is 0 Å². The highest BCUT2D eigenvalue weighted by Gasteiger charge is 2.25. The second-order valence-electron chi connectivity index (χ2n) is 13.2. The number of carboxylic acids is 1. The number of fused-ring (bicyclic) bond motifs is 4. The van der Waals surface area contributed by atoms with Crippen LogP contribution in [0.25, 0.3) is 44.2 Å². The molecule has 0 fully saturated rings. The lowest BCUT2D eigenvalue weighted by Gasteiger charge is -2.24. The number of benzene rings is 5. The number of nitrogens with zero attached hydrogens (tertiary/aromatic N) is 3. The van der Waals surface area contributed by atoms with E-state index in [2.05, 4.69) is 32.3 Å². The normalized spacial score (nSPS) is 11.4. The molecule has 8 heteroatoms. The Labute approximate surface area is 306 Å². The van der Waals surface area contributed by atoms with Crippen LogP contribution in [0.1, 0.15) is 38.4 Å². The Morgan fingerprint density at radius 3 is 2.17 bits per heavy atom. The Balaban J connectivity index is 1.21. The first-order chi connectivity index (χ1) is 25.9. The van der Waals surface area contributed by atoms with Gasteiger partial charge in [0.2, 0.25) is 0 Å². The van der Waals surface area contributed by atoms with Gasteiger partial charge in [-0.3, -0.25) is 19.7 Å². The number of aromatic carboxylic acids is 1. The molecule has 0 unspecified atom stereocenters. The first-order valence-corrected chi connectivity index (χ1v) is 17.5. The lowest BCUT2D eigenvalue weighted by Crippen LogP contribution is -2.24. The van der Waals surface area contributed by atoms with Crippen LogP contribution < -0.4 is 10.7 Å². The number of nitrogens with one attached hydrogen (secondary N) is 1. The van der Waals surface area contributed by atoms with Crippen molar-refractivity contribution in [2.45, 2.75) is 33.1 Å². The summed E-state index contributed by atoms with van der Waals surface area (Å²) in [5.74, 6) is -0.608. The van der Waals surface area contributed by atoms with E-state index in [0.29, 0.717) is 53.2 Å². The first-order valence-electron chi connectivity index (χ1n) is 17.5. The zero-order chi connectivity index (χ0) is 36.3. The van der Waals surface area contributed by atoms with E-state index in [1.807, 2.05) is 97.9 Å². The molecule has 0 radical (unpaired) electrons. The Kier molecular flexibility index (Phi) is 9.19. The Morgan fingerprint density at radius 2 is 1.43 bits per heavy atom. The Bertz CT molecular complexity index is 2580. The quantitative estimate of drug-likeness (QED) is 0.102. The molecule has 0 bridgehead atoms. The number of carbonyl (C=O) groups is 1. The van der Waals surface area contributed by atoms with Crippen LogP contribution in [0.5, 0.6) is 0 Å². The summed E-state index contributed by atoms with van der Waals surface area (Å²) in [4.78, 5) is 37.7. The number of carboxylic acid groups (broad SMARTS) is 1. The van der Waals surface area contributed by atoms with Gasteiger partial charge in [-0.15, -0.1) is 0 Å². The fourth-order valence-corrected chi connectivity index (χ4v) is 7.11. The van der Waals surface area contributed by atoms with Crippen LogP contribution >= 0.6 is 0 Å². The third-order valence-corrected chi connectivity index (χ3v) is 9.60. The number of aryl methyl sites for hydroxylation is 1. The molecule has 0 spiro atoms. The zero-order valence-corrected chi connectivity index (χ0v) is 29.1. The summed E-state index contributed by atoms with van der Waals surface area (Å²) in [5.41, 5.74) is 7.93. The molecule has 3 heterocycles. The maximum absolute atomic E-state index is 13.8. The summed E-state index contributed by atoms with van der Waals surface area (Å²) in [6.45, 7) is 4.08. The molecule has 260 valence electrons. The fourth-order valence-electron chi connectivity index (χ4n) is 7.11. The van der Waals surface area contributed by atoms with Gasteiger partial charge in [0, 0.05) is 66.2 Å². The van der Waals surface area contributed by atoms with Crippen molar-refractivity contribution < 1.29 is 14.3 Å². The molecule has 0 amide bonds. The highest BCUT2D eigenvalue weighted by molar-refractivity contribution is 6.14. The van der Waals surface area contributed by atoms with Gasteiger partial charge in [-0.05, 0) is 78.0 Å². The number of hydrogen-bond donors (Lipinski definition) is 2. The predicted molar refractivity (Wildman–Crippen MR) is 209 cm³/mol. The van der Waals surface area contributed by atoms with E-state index >= 15 is 0 Å². The third kappa shape index (κ3) is 6.88. The fraction of sp³-hybridized carbons (Fsp3) is 0.111. The van der Waals surface area contributed by atoms with Crippen LogP contribution in [0.4, 0.5) is 5.69 Å². The van der Waals surface area contributed by atoms with Gasteiger partial charge < -0.3 is 14.8 Å². The molecule has 2 aliphatic rings. The van der Waals surface area contributed by atoms with Crippen LogP contribution in [0.2, 0.25) is 0 Å². The first kappa shape index (κ1) is 33.5. The summed E-state index contributed by atoms with van der Waals surface area (Å²) >= 11 is 0. The van der Waals surface area contributed by atoms with E-state index in [1.165, 1.54) is 0 Å². The van der Waals surface area contributed by atoms with Gasteiger partial charge in [0.1, 0.15) is 11.3 Å². The molecule has 2 aromatic heterocycles. The van der Waals surface area contributed by atoms with E-state index in [9.17, 15) is 14.7 Å². The molecule has 4 aromatic carbocycles. The van der Waals surface area contributed by atoms with Gasteiger partial charge in [0.05, 0.1) is 22.5 Å². The smallest absolute Gasteiger partial charge is 0.336 e. The second-order valence-corrected chi connectivity index (χ2v) is 13.2. The maximum Gasteiger partial charge on any atom is 0.336 e. The molecule has 0 saturated carbocycles. The van der Waals surface area contributed by atoms with E-state index < -0.39 is 5.97 Å². The SMILES string of the molecule is Cc1ccc2c(ccc3c(-c4ccccc4C(=O)O)c4ccc(=O)c(CNc5ccccc5CN(Cc5ccccn5)Cc5ccccn5)c-4oc32)c1. The van der Waals surface area contributed by atoms with Gasteiger partial charge in [0.25, 0.3) is 0 Å². The molecular weight excluding hydrogens is 661 g/mol. The Morgan fingerprint density at radius 1 is 0.736 bits per heavy atom. The molecule has 1 aliphatic carbocycles. The molecule has 2 N–H and O–H groups in total.